The Kier molecular flexibility index (Phi) is 3.86. The number of aromatic amines is 1. The molecule has 0 spiro atoms. The fraction of sp³-hybridized carbons (Fsp3) is 0.294. The Morgan fingerprint density at radius 2 is 2.00 bits per heavy atom. The molecule has 3 aromatic rings. The van der Waals surface area contributed by atoms with Crippen LogP contribution in [0.5, 0.6) is 0 Å². The molecule has 0 saturated heterocycles. The first kappa shape index (κ1) is 13.6. The van der Waals surface area contributed by atoms with Gasteiger partial charge in [-0.15, -0.1) is 0 Å². The average molecular weight is 280 g/mol. The van der Waals surface area contributed by atoms with E-state index in [1.54, 1.807) is 6.20 Å². The zero-order valence-electron chi connectivity index (χ0n) is 12.5. The van der Waals surface area contributed by atoms with Crippen LogP contribution in [-0.4, -0.2) is 19.5 Å². The van der Waals surface area contributed by atoms with Gasteiger partial charge in [-0.05, 0) is 12.3 Å². The molecule has 0 radical (unpaired) electrons. The smallest absolute Gasteiger partial charge is 0.126 e. The fourth-order valence-corrected chi connectivity index (χ4v) is 2.59. The molecule has 0 aliphatic rings. The first-order chi connectivity index (χ1) is 10.3. The van der Waals surface area contributed by atoms with Crippen molar-refractivity contribution in [2.45, 2.75) is 32.7 Å². The van der Waals surface area contributed by atoms with Crippen molar-refractivity contribution in [3.8, 4) is 11.3 Å². The van der Waals surface area contributed by atoms with Crippen molar-refractivity contribution in [1.29, 1.82) is 0 Å². The lowest BCUT2D eigenvalue weighted by Crippen LogP contribution is -2.08. The second-order valence-corrected chi connectivity index (χ2v) is 5.32. The third kappa shape index (κ3) is 2.75. The lowest BCUT2D eigenvalue weighted by Gasteiger charge is -2.14. The van der Waals surface area contributed by atoms with E-state index in [-0.39, 0.29) is 0 Å². The normalized spacial score (nSPS) is 12.5. The highest BCUT2D eigenvalue weighted by Gasteiger charge is 2.18. The summed E-state index contributed by atoms with van der Waals surface area (Å²) in [5.41, 5.74) is 3.53. The van der Waals surface area contributed by atoms with E-state index < -0.39 is 0 Å². The van der Waals surface area contributed by atoms with Crippen molar-refractivity contribution in [1.82, 2.24) is 19.5 Å². The van der Waals surface area contributed by atoms with E-state index in [0.29, 0.717) is 5.92 Å². The molecular weight excluding hydrogens is 260 g/mol. The molecule has 1 aromatic carbocycles. The molecule has 1 N–H and O–H groups in total. The van der Waals surface area contributed by atoms with Gasteiger partial charge in [0.05, 0.1) is 18.6 Å². The fourth-order valence-electron chi connectivity index (χ4n) is 2.59. The van der Waals surface area contributed by atoms with Crippen LogP contribution >= 0.6 is 0 Å². The summed E-state index contributed by atoms with van der Waals surface area (Å²) in [6, 6.07) is 10.4. The van der Waals surface area contributed by atoms with Gasteiger partial charge < -0.3 is 9.55 Å². The third-order valence-corrected chi connectivity index (χ3v) is 3.88. The van der Waals surface area contributed by atoms with Crippen molar-refractivity contribution in [2.24, 2.45) is 0 Å². The van der Waals surface area contributed by atoms with Gasteiger partial charge in [-0.25, -0.2) is 9.97 Å². The van der Waals surface area contributed by atoms with Crippen molar-refractivity contribution >= 4 is 0 Å². The predicted octanol–water partition coefficient (Wildman–Crippen LogP) is 3.84. The summed E-state index contributed by atoms with van der Waals surface area (Å²) >= 11 is 0. The van der Waals surface area contributed by atoms with E-state index >= 15 is 0 Å². The molecule has 0 aliphatic carbocycles. The van der Waals surface area contributed by atoms with E-state index in [2.05, 4.69) is 57.6 Å². The van der Waals surface area contributed by atoms with Crippen LogP contribution in [-0.2, 0) is 6.54 Å². The first-order valence-electron chi connectivity index (χ1n) is 7.38. The Morgan fingerprint density at radius 3 is 2.67 bits per heavy atom. The maximum Gasteiger partial charge on any atom is 0.126 e. The van der Waals surface area contributed by atoms with Crippen LogP contribution in [0.2, 0.25) is 0 Å². The average Bonchev–Trinajstić information content (AvgIpc) is 3.17. The molecule has 0 saturated carbocycles. The van der Waals surface area contributed by atoms with Crippen LogP contribution < -0.4 is 0 Å². The minimum atomic E-state index is 0.456. The maximum absolute atomic E-state index is 4.66. The molecule has 0 amide bonds. The Bertz CT molecular complexity index is 683. The summed E-state index contributed by atoms with van der Waals surface area (Å²) in [6.45, 7) is 5.19. The highest BCUT2D eigenvalue weighted by molar-refractivity contribution is 5.62. The number of hydrogen-bond acceptors (Lipinski definition) is 2. The van der Waals surface area contributed by atoms with Gasteiger partial charge in [0, 0.05) is 23.7 Å². The maximum atomic E-state index is 4.66. The minimum absolute atomic E-state index is 0.456. The molecule has 108 valence electrons. The second-order valence-electron chi connectivity index (χ2n) is 5.32. The van der Waals surface area contributed by atoms with Gasteiger partial charge in [-0.3, -0.25) is 0 Å². The van der Waals surface area contributed by atoms with Crippen molar-refractivity contribution in [3.63, 3.8) is 0 Å². The van der Waals surface area contributed by atoms with Gasteiger partial charge in [0.25, 0.3) is 0 Å². The molecule has 1 unspecified atom stereocenters. The van der Waals surface area contributed by atoms with Gasteiger partial charge in [-0.1, -0.05) is 44.2 Å². The molecule has 0 fully saturated rings. The molecule has 2 heterocycles. The van der Waals surface area contributed by atoms with Crippen LogP contribution in [0, 0.1) is 0 Å². The van der Waals surface area contributed by atoms with Crippen LogP contribution in [0.15, 0.2) is 49.1 Å². The topological polar surface area (TPSA) is 46.5 Å². The molecular formula is C17H20N4. The molecule has 0 aliphatic heterocycles. The Morgan fingerprint density at radius 1 is 1.19 bits per heavy atom. The Balaban J connectivity index is 2.03. The van der Waals surface area contributed by atoms with Crippen LogP contribution in [0.4, 0.5) is 0 Å². The quantitative estimate of drug-likeness (QED) is 0.772. The summed E-state index contributed by atoms with van der Waals surface area (Å²) in [6.07, 6.45) is 6.65. The number of rotatable bonds is 5. The van der Waals surface area contributed by atoms with Crippen molar-refractivity contribution < 1.29 is 0 Å². The van der Waals surface area contributed by atoms with Crippen molar-refractivity contribution in [3.05, 3.63) is 60.6 Å². The monoisotopic (exact) mass is 280 g/mol. The number of hydrogen-bond donors (Lipinski definition) is 1. The van der Waals surface area contributed by atoms with Crippen LogP contribution in [0.3, 0.4) is 0 Å². The SMILES string of the molecule is CCC(C)c1c(-c2ccccc2)ncn1Cc1ncc[nH]1. The summed E-state index contributed by atoms with van der Waals surface area (Å²) in [5, 5.41) is 0. The number of nitrogens with zero attached hydrogens (tertiary/aromatic N) is 3. The zero-order chi connectivity index (χ0) is 14.7. The largest absolute Gasteiger partial charge is 0.347 e. The minimum Gasteiger partial charge on any atom is -0.347 e. The lowest BCUT2D eigenvalue weighted by molar-refractivity contribution is 0.630. The highest BCUT2D eigenvalue weighted by Crippen LogP contribution is 2.30. The first-order valence-corrected chi connectivity index (χ1v) is 7.38. The predicted molar refractivity (Wildman–Crippen MR) is 84.1 cm³/mol. The standard InChI is InChI=1S/C17H20N4/c1-3-13(2)17-16(14-7-5-4-6-8-14)20-12-21(17)11-15-18-9-10-19-15/h4-10,12-13H,3,11H2,1-2H3,(H,18,19). The molecule has 21 heavy (non-hydrogen) atoms. The number of nitrogens with one attached hydrogen (secondary N) is 1. The summed E-state index contributed by atoms with van der Waals surface area (Å²) in [5.74, 6) is 1.41. The zero-order valence-corrected chi connectivity index (χ0v) is 12.5. The molecule has 2 aromatic heterocycles. The van der Waals surface area contributed by atoms with Crippen molar-refractivity contribution in [2.75, 3.05) is 0 Å². The number of aromatic nitrogens is 4. The number of benzene rings is 1. The highest BCUT2D eigenvalue weighted by atomic mass is 15.1. The van der Waals surface area contributed by atoms with Gasteiger partial charge in [-0.2, -0.15) is 0 Å². The molecule has 1 atom stereocenters. The molecule has 3 rings (SSSR count). The van der Waals surface area contributed by atoms with E-state index in [9.17, 15) is 0 Å². The van der Waals surface area contributed by atoms with E-state index in [0.717, 1.165) is 24.5 Å². The summed E-state index contributed by atoms with van der Waals surface area (Å²) in [7, 11) is 0. The third-order valence-electron chi connectivity index (χ3n) is 3.88. The van der Waals surface area contributed by atoms with Gasteiger partial charge in [0.1, 0.15) is 5.82 Å². The molecule has 0 bridgehead atoms. The Labute approximate surface area is 124 Å². The summed E-state index contributed by atoms with van der Waals surface area (Å²) in [4.78, 5) is 12.1. The lowest BCUT2D eigenvalue weighted by atomic mass is 9.99. The van der Waals surface area contributed by atoms with Gasteiger partial charge in [0.2, 0.25) is 0 Å². The van der Waals surface area contributed by atoms with Crippen LogP contribution in [0.25, 0.3) is 11.3 Å². The number of imidazole rings is 2. The van der Waals surface area contributed by atoms with Crippen LogP contribution in [0.1, 0.15) is 37.7 Å². The molecule has 4 heteroatoms. The molecule has 4 nitrogen and oxygen atoms in total. The second kappa shape index (κ2) is 5.95. The van der Waals surface area contributed by atoms with E-state index in [4.69, 9.17) is 0 Å². The number of H-pyrrole nitrogens is 1. The Hall–Kier alpha value is -2.36. The summed E-state index contributed by atoms with van der Waals surface area (Å²) < 4.78 is 2.20. The van der Waals surface area contributed by atoms with E-state index in [1.807, 2.05) is 18.6 Å². The van der Waals surface area contributed by atoms with Gasteiger partial charge in [0.15, 0.2) is 0 Å². The van der Waals surface area contributed by atoms with Gasteiger partial charge >= 0.3 is 0 Å². The van der Waals surface area contributed by atoms with E-state index in [1.165, 1.54) is 11.3 Å².